The Morgan fingerprint density at radius 3 is 2.52 bits per heavy atom. The average Bonchev–Trinajstić information content (AvgIpc) is 2.73. The number of hydrogen-bond donors (Lipinski definition) is 2. The normalized spacial score (nSPS) is 15.4. The van der Waals surface area contributed by atoms with Gasteiger partial charge in [-0.05, 0) is 46.9 Å². The number of carboxylic acids is 2. The van der Waals surface area contributed by atoms with Crippen LogP contribution in [0.4, 0.5) is 0 Å². The quantitative estimate of drug-likeness (QED) is 0.906. The van der Waals surface area contributed by atoms with Crippen molar-refractivity contribution in [3.8, 4) is 11.1 Å². The highest BCUT2D eigenvalue weighted by molar-refractivity contribution is 5.91. The van der Waals surface area contributed by atoms with E-state index >= 15 is 0 Å². The number of carbonyl (C=O) groups is 2. The Morgan fingerprint density at radius 1 is 1.10 bits per heavy atom. The molecule has 1 unspecified atom stereocenters. The van der Waals surface area contributed by atoms with Crippen LogP contribution in [0.5, 0.6) is 0 Å². The van der Waals surface area contributed by atoms with Gasteiger partial charge in [0, 0.05) is 5.92 Å². The molecule has 2 N–H and O–H groups in total. The molecule has 106 valence electrons. The number of rotatable bonds is 3. The van der Waals surface area contributed by atoms with Gasteiger partial charge in [0.1, 0.15) is 0 Å². The summed E-state index contributed by atoms with van der Waals surface area (Å²) < 4.78 is 0. The highest BCUT2D eigenvalue weighted by Gasteiger charge is 2.31. The molecule has 2 aromatic rings. The van der Waals surface area contributed by atoms with E-state index in [2.05, 4.69) is 0 Å². The molecule has 0 radical (unpaired) electrons. The van der Waals surface area contributed by atoms with Crippen molar-refractivity contribution in [1.29, 1.82) is 0 Å². The maximum Gasteiger partial charge on any atom is 0.335 e. The predicted molar refractivity (Wildman–Crippen MR) is 77.7 cm³/mol. The highest BCUT2D eigenvalue weighted by Crippen LogP contribution is 2.47. The van der Waals surface area contributed by atoms with Crippen molar-refractivity contribution in [2.24, 2.45) is 0 Å². The first-order valence-corrected chi connectivity index (χ1v) is 6.68. The molecule has 1 aliphatic rings. The van der Waals surface area contributed by atoms with Crippen molar-refractivity contribution in [2.45, 2.75) is 19.3 Å². The molecule has 0 aromatic heterocycles. The first kappa shape index (κ1) is 13.4. The first-order chi connectivity index (χ1) is 9.99. The molecule has 1 atom stereocenters. The molecule has 0 aliphatic heterocycles. The lowest BCUT2D eigenvalue weighted by Gasteiger charge is -2.11. The van der Waals surface area contributed by atoms with Crippen LogP contribution >= 0.6 is 0 Å². The third kappa shape index (κ3) is 2.09. The summed E-state index contributed by atoms with van der Waals surface area (Å²) in [7, 11) is 0. The number of aromatic carboxylic acids is 1. The smallest absolute Gasteiger partial charge is 0.335 e. The van der Waals surface area contributed by atoms with E-state index in [0.717, 1.165) is 27.8 Å². The minimum absolute atomic E-state index is 0.0352. The zero-order chi connectivity index (χ0) is 15.1. The van der Waals surface area contributed by atoms with Gasteiger partial charge >= 0.3 is 11.9 Å². The monoisotopic (exact) mass is 282 g/mol. The van der Waals surface area contributed by atoms with Crippen LogP contribution in [0.2, 0.25) is 0 Å². The van der Waals surface area contributed by atoms with E-state index in [0.29, 0.717) is 0 Å². The van der Waals surface area contributed by atoms with E-state index < -0.39 is 11.9 Å². The summed E-state index contributed by atoms with van der Waals surface area (Å²) in [5.41, 5.74) is 5.01. The van der Waals surface area contributed by atoms with E-state index in [1.165, 1.54) is 0 Å². The summed E-state index contributed by atoms with van der Waals surface area (Å²) >= 11 is 0. The molecule has 0 saturated carbocycles. The van der Waals surface area contributed by atoms with Crippen molar-refractivity contribution in [3.63, 3.8) is 0 Å². The van der Waals surface area contributed by atoms with Gasteiger partial charge in [0.05, 0.1) is 12.0 Å². The zero-order valence-corrected chi connectivity index (χ0v) is 11.5. The number of benzene rings is 2. The second-order valence-corrected chi connectivity index (χ2v) is 5.30. The van der Waals surface area contributed by atoms with Crippen LogP contribution in [0.3, 0.4) is 0 Å². The standard InChI is InChI=1S/C17H14O4/c1-9-3-2-4-11-14(8-15(18)19)13-7-10(17(20)21)5-6-12(13)16(9)11/h2-7,14H,8H2,1H3,(H,18,19)(H,20,21). The van der Waals surface area contributed by atoms with Crippen LogP contribution in [0.1, 0.15) is 39.4 Å². The summed E-state index contributed by atoms with van der Waals surface area (Å²) in [5, 5.41) is 18.3. The van der Waals surface area contributed by atoms with E-state index in [1.54, 1.807) is 18.2 Å². The molecule has 0 heterocycles. The Balaban J connectivity index is 2.24. The number of aliphatic carboxylic acids is 1. The molecular formula is C17H14O4. The van der Waals surface area contributed by atoms with Gasteiger partial charge in [-0.25, -0.2) is 4.79 Å². The maximum atomic E-state index is 11.2. The van der Waals surface area contributed by atoms with Gasteiger partial charge in [0.25, 0.3) is 0 Å². The number of carboxylic acid groups (broad SMARTS) is 2. The van der Waals surface area contributed by atoms with Gasteiger partial charge in [-0.1, -0.05) is 24.3 Å². The van der Waals surface area contributed by atoms with Crippen LogP contribution in [-0.2, 0) is 4.79 Å². The molecule has 0 saturated heterocycles. The van der Waals surface area contributed by atoms with Crippen LogP contribution in [0.25, 0.3) is 11.1 Å². The summed E-state index contributed by atoms with van der Waals surface area (Å²) in [4.78, 5) is 22.3. The van der Waals surface area contributed by atoms with Gasteiger partial charge in [0.2, 0.25) is 0 Å². The zero-order valence-electron chi connectivity index (χ0n) is 11.5. The molecule has 4 nitrogen and oxygen atoms in total. The lowest BCUT2D eigenvalue weighted by molar-refractivity contribution is -0.137. The fraction of sp³-hybridized carbons (Fsp3) is 0.176. The third-order valence-electron chi connectivity index (χ3n) is 4.00. The Kier molecular flexibility index (Phi) is 3.01. The Hall–Kier alpha value is -2.62. The molecule has 21 heavy (non-hydrogen) atoms. The van der Waals surface area contributed by atoms with Crippen LogP contribution < -0.4 is 0 Å². The second kappa shape index (κ2) is 4.74. The fourth-order valence-corrected chi connectivity index (χ4v) is 3.12. The van der Waals surface area contributed by atoms with Crippen molar-refractivity contribution in [3.05, 3.63) is 58.7 Å². The molecule has 3 rings (SSSR count). The van der Waals surface area contributed by atoms with E-state index in [9.17, 15) is 9.59 Å². The minimum Gasteiger partial charge on any atom is -0.481 e. The third-order valence-corrected chi connectivity index (χ3v) is 4.00. The van der Waals surface area contributed by atoms with Gasteiger partial charge < -0.3 is 10.2 Å². The molecule has 0 amide bonds. The summed E-state index contributed by atoms with van der Waals surface area (Å²) in [6.45, 7) is 1.98. The lowest BCUT2D eigenvalue weighted by atomic mass is 9.92. The number of aryl methyl sites for hydroxylation is 1. The second-order valence-electron chi connectivity index (χ2n) is 5.30. The van der Waals surface area contributed by atoms with Crippen molar-refractivity contribution in [2.75, 3.05) is 0 Å². The first-order valence-electron chi connectivity index (χ1n) is 6.68. The Bertz CT molecular complexity index is 761. The Labute approximate surface area is 121 Å². The lowest BCUT2D eigenvalue weighted by Crippen LogP contribution is -2.06. The molecule has 0 spiro atoms. The minimum atomic E-state index is -1.00. The molecule has 1 aliphatic carbocycles. The average molecular weight is 282 g/mol. The van der Waals surface area contributed by atoms with E-state index in [1.807, 2.05) is 25.1 Å². The summed E-state index contributed by atoms with van der Waals surface area (Å²) in [5.74, 6) is -2.17. The SMILES string of the molecule is Cc1cccc2c1-c1ccc(C(=O)O)cc1C2CC(=O)O. The molecule has 2 aromatic carbocycles. The fourth-order valence-electron chi connectivity index (χ4n) is 3.12. The predicted octanol–water partition coefficient (Wildman–Crippen LogP) is 3.28. The largest absolute Gasteiger partial charge is 0.481 e. The summed E-state index contributed by atoms with van der Waals surface area (Å²) in [6.07, 6.45) is -0.0352. The van der Waals surface area contributed by atoms with Gasteiger partial charge in [0.15, 0.2) is 0 Å². The number of fused-ring (bicyclic) bond motifs is 3. The van der Waals surface area contributed by atoms with E-state index in [-0.39, 0.29) is 17.9 Å². The number of hydrogen-bond acceptors (Lipinski definition) is 2. The van der Waals surface area contributed by atoms with Crippen LogP contribution in [0.15, 0.2) is 36.4 Å². The van der Waals surface area contributed by atoms with Crippen molar-refractivity contribution < 1.29 is 19.8 Å². The molecule has 0 bridgehead atoms. The molecular weight excluding hydrogens is 268 g/mol. The van der Waals surface area contributed by atoms with Gasteiger partial charge in [-0.3, -0.25) is 4.79 Å². The highest BCUT2D eigenvalue weighted by atomic mass is 16.4. The summed E-state index contributed by atoms with van der Waals surface area (Å²) in [6, 6.07) is 10.8. The van der Waals surface area contributed by atoms with Crippen LogP contribution in [-0.4, -0.2) is 22.2 Å². The maximum absolute atomic E-state index is 11.2. The molecule has 0 fully saturated rings. The Morgan fingerprint density at radius 2 is 1.86 bits per heavy atom. The van der Waals surface area contributed by atoms with Crippen molar-refractivity contribution in [1.82, 2.24) is 0 Å². The molecule has 4 heteroatoms. The van der Waals surface area contributed by atoms with Crippen molar-refractivity contribution >= 4 is 11.9 Å². The van der Waals surface area contributed by atoms with Gasteiger partial charge in [-0.15, -0.1) is 0 Å². The van der Waals surface area contributed by atoms with Crippen LogP contribution in [0, 0.1) is 6.92 Å². The van der Waals surface area contributed by atoms with Gasteiger partial charge in [-0.2, -0.15) is 0 Å². The van der Waals surface area contributed by atoms with E-state index in [4.69, 9.17) is 10.2 Å². The topological polar surface area (TPSA) is 74.6 Å².